The zero-order valence-corrected chi connectivity index (χ0v) is 13.8. The normalized spacial score (nSPS) is 16.6. The number of nitro groups is 1. The zero-order valence-electron chi connectivity index (χ0n) is 12.1. The maximum atomic E-state index is 12.9. The minimum absolute atomic E-state index is 0.0150. The third kappa shape index (κ3) is 3.05. The summed E-state index contributed by atoms with van der Waals surface area (Å²) < 4.78 is 13.6. The number of nitro benzene ring substituents is 1. The van der Waals surface area contributed by atoms with Crippen LogP contribution < -0.4 is 9.84 Å². The van der Waals surface area contributed by atoms with Crippen molar-refractivity contribution in [1.29, 1.82) is 0 Å². The van der Waals surface area contributed by atoms with E-state index in [1.165, 1.54) is 34.8 Å². The maximum Gasteiger partial charge on any atom is 0.269 e. The summed E-state index contributed by atoms with van der Waals surface area (Å²) in [5.74, 6) is 0. The molecule has 0 spiro atoms. The van der Waals surface area contributed by atoms with Crippen molar-refractivity contribution in [2.24, 2.45) is 0 Å². The summed E-state index contributed by atoms with van der Waals surface area (Å²) in [6.45, 7) is 1.65. The van der Waals surface area contributed by atoms with Gasteiger partial charge >= 0.3 is 0 Å². The van der Waals surface area contributed by atoms with Crippen LogP contribution in [0.4, 0.5) is 11.4 Å². The SMILES string of the molecule is C[P@@](=O)(Nc1ccc([N+](=O)[O-])cc1)c1nc2c(s1)CCCC2. The van der Waals surface area contributed by atoms with E-state index in [1.54, 1.807) is 18.8 Å². The van der Waals surface area contributed by atoms with Crippen molar-refractivity contribution in [1.82, 2.24) is 4.98 Å². The average molecular weight is 337 g/mol. The summed E-state index contributed by atoms with van der Waals surface area (Å²) in [7, 11) is -2.82. The Hall–Kier alpha value is -1.72. The van der Waals surface area contributed by atoms with E-state index in [2.05, 4.69) is 10.1 Å². The summed E-state index contributed by atoms with van der Waals surface area (Å²) >= 11 is 1.52. The molecule has 3 rings (SSSR count). The predicted octanol–water partition coefficient (Wildman–Crippen LogP) is 3.58. The number of nitrogens with one attached hydrogen (secondary N) is 1. The van der Waals surface area contributed by atoms with Crippen molar-refractivity contribution in [2.45, 2.75) is 25.7 Å². The fourth-order valence-electron chi connectivity index (χ4n) is 2.47. The van der Waals surface area contributed by atoms with Crippen molar-refractivity contribution < 1.29 is 9.49 Å². The highest BCUT2D eigenvalue weighted by molar-refractivity contribution is 7.77. The van der Waals surface area contributed by atoms with Gasteiger partial charge in [0.05, 0.1) is 10.6 Å². The molecule has 1 aliphatic rings. The van der Waals surface area contributed by atoms with Gasteiger partial charge in [-0.05, 0) is 37.8 Å². The molecule has 8 heteroatoms. The van der Waals surface area contributed by atoms with Crippen molar-refractivity contribution in [2.75, 3.05) is 11.8 Å². The molecule has 1 aromatic carbocycles. The van der Waals surface area contributed by atoms with Gasteiger partial charge in [0.25, 0.3) is 5.69 Å². The number of benzene rings is 1. The van der Waals surface area contributed by atoms with Crippen LogP contribution in [0, 0.1) is 10.1 Å². The Balaban J connectivity index is 1.82. The van der Waals surface area contributed by atoms with Gasteiger partial charge in [-0.25, -0.2) is 4.98 Å². The molecule has 1 aliphatic carbocycles. The number of nitrogens with zero attached hydrogens (tertiary/aromatic N) is 2. The smallest absolute Gasteiger partial charge is 0.269 e. The van der Waals surface area contributed by atoms with E-state index in [0.29, 0.717) is 10.4 Å². The first-order valence-corrected chi connectivity index (χ1v) is 10.0. The third-order valence-corrected chi connectivity index (χ3v) is 7.41. The number of aromatic nitrogens is 1. The highest BCUT2D eigenvalue weighted by Gasteiger charge is 2.26. The van der Waals surface area contributed by atoms with Crippen LogP contribution in [0.2, 0.25) is 0 Å². The van der Waals surface area contributed by atoms with Crippen LogP contribution in [-0.4, -0.2) is 16.6 Å². The molecule has 1 aromatic heterocycles. The fourth-order valence-corrected chi connectivity index (χ4v) is 5.57. The van der Waals surface area contributed by atoms with E-state index in [4.69, 9.17) is 0 Å². The van der Waals surface area contributed by atoms with Gasteiger partial charge < -0.3 is 5.09 Å². The minimum Gasteiger partial charge on any atom is -0.331 e. The number of anilines is 1. The Morgan fingerprint density at radius 1 is 1.27 bits per heavy atom. The molecule has 2 aromatic rings. The molecule has 1 N–H and O–H groups in total. The Kier molecular flexibility index (Phi) is 4.02. The maximum absolute atomic E-state index is 12.9. The number of rotatable bonds is 4. The Bertz CT molecular complexity index is 734. The van der Waals surface area contributed by atoms with E-state index in [-0.39, 0.29) is 5.69 Å². The van der Waals surface area contributed by atoms with Gasteiger partial charge in [0, 0.05) is 29.4 Å². The first-order chi connectivity index (χ1) is 10.5. The molecule has 0 amide bonds. The zero-order chi connectivity index (χ0) is 15.7. The largest absolute Gasteiger partial charge is 0.331 e. The second kappa shape index (κ2) is 5.82. The average Bonchev–Trinajstić information content (AvgIpc) is 2.92. The number of thiazole rings is 1. The van der Waals surface area contributed by atoms with E-state index >= 15 is 0 Å². The second-order valence-electron chi connectivity index (χ2n) is 5.41. The highest BCUT2D eigenvalue weighted by atomic mass is 32.1. The third-order valence-electron chi connectivity index (χ3n) is 3.62. The molecule has 1 heterocycles. The highest BCUT2D eigenvalue weighted by Crippen LogP contribution is 2.43. The van der Waals surface area contributed by atoms with Gasteiger partial charge in [-0.3, -0.25) is 14.7 Å². The molecule has 0 fully saturated rings. The lowest BCUT2D eigenvalue weighted by atomic mass is 10.0. The quantitative estimate of drug-likeness (QED) is 0.524. The molecule has 0 saturated carbocycles. The molecule has 0 aliphatic heterocycles. The number of aryl methyl sites for hydroxylation is 2. The Morgan fingerprint density at radius 3 is 2.59 bits per heavy atom. The lowest BCUT2D eigenvalue weighted by Gasteiger charge is -2.13. The van der Waals surface area contributed by atoms with E-state index in [0.717, 1.165) is 25.0 Å². The van der Waals surface area contributed by atoms with Crippen LogP contribution in [-0.2, 0) is 17.4 Å². The first kappa shape index (κ1) is 15.2. The second-order valence-corrected chi connectivity index (χ2v) is 9.30. The molecule has 116 valence electrons. The minimum atomic E-state index is -2.82. The van der Waals surface area contributed by atoms with E-state index in [9.17, 15) is 14.7 Å². The summed E-state index contributed by atoms with van der Waals surface area (Å²) in [6.07, 6.45) is 4.28. The molecule has 1 atom stereocenters. The van der Waals surface area contributed by atoms with Crippen molar-refractivity contribution >= 4 is 34.8 Å². The Morgan fingerprint density at radius 2 is 1.95 bits per heavy atom. The summed E-state index contributed by atoms with van der Waals surface area (Å²) in [5.41, 5.74) is 1.70. The van der Waals surface area contributed by atoms with E-state index < -0.39 is 12.2 Å². The van der Waals surface area contributed by atoms with Crippen LogP contribution in [0.5, 0.6) is 0 Å². The molecule has 22 heavy (non-hydrogen) atoms. The molecule has 6 nitrogen and oxygen atoms in total. The molecule has 0 unspecified atom stereocenters. The van der Waals surface area contributed by atoms with Crippen molar-refractivity contribution in [3.05, 3.63) is 45.0 Å². The molecular weight excluding hydrogens is 321 g/mol. The van der Waals surface area contributed by atoms with Gasteiger partial charge in [0.1, 0.15) is 0 Å². The number of non-ortho nitro benzene ring substituents is 1. The summed E-state index contributed by atoms with van der Waals surface area (Å²) in [6, 6.07) is 5.94. The van der Waals surface area contributed by atoms with Gasteiger partial charge in [-0.1, -0.05) is 0 Å². The lowest BCUT2D eigenvalue weighted by molar-refractivity contribution is -0.384. The molecule has 0 bridgehead atoms. The molecule has 0 radical (unpaired) electrons. The van der Waals surface area contributed by atoms with Gasteiger partial charge in [-0.15, -0.1) is 11.3 Å². The number of hydrogen-bond acceptors (Lipinski definition) is 5. The molecular formula is C14H16N3O3PS. The van der Waals surface area contributed by atoms with Crippen LogP contribution in [0.15, 0.2) is 24.3 Å². The van der Waals surface area contributed by atoms with Crippen molar-refractivity contribution in [3.63, 3.8) is 0 Å². The fraction of sp³-hybridized carbons (Fsp3) is 0.357. The van der Waals surface area contributed by atoms with Crippen LogP contribution in [0.25, 0.3) is 0 Å². The number of hydrogen-bond donors (Lipinski definition) is 1. The van der Waals surface area contributed by atoms with Gasteiger partial charge in [0.15, 0.2) is 4.75 Å². The van der Waals surface area contributed by atoms with Gasteiger partial charge in [0.2, 0.25) is 7.29 Å². The standard InChI is InChI=1S/C14H16N3O3PS/c1-21(20,14-15-12-4-2-3-5-13(12)22-14)16-10-6-8-11(9-7-10)17(18)19/h6-9H,2-5H2,1H3,(H,16,20)/t21-/m0/s1. The summed E-state index contributed by atoms with van der Waals surface area (Å²) in [5, 5.41) is 13.6. The predicted molar refractivity (Wildman–Crippen MR) is 88.6 cm³/mol. The first-order valence-electron chi connectivity index (χ1n) is 7.05. The van der Waals surface area contributed by atoms with Crippen LogP contribution in [0.3, 0.4) is 0 Å². The van der Waals surface area contributed by atoms with E-state index in [1.807, 2.05) is 0 Å². The lowest BCUT2D eigenvalue weighted by Crippen LogP contribution is -2.10. The summed E-state index contributed by atoms with van der Waals surface area (Å²) in [4.78, 5) is 16.0. The van der Waals surface area contributed by atoms with Crippen LogP contribution >= 0.6 is 18.6 Å². The molecule has 0 saturated heterocycles. The topological polar surface area (TPSA) is 85.1 Å². The van der Waals surface area contributed by atoms with Gasteiger partial charge in [-0.2, -0.15) is 0 Å². The number of fused-ring (bicyclic) bond motifs is 1. The van der Waals surface area contributed by atoms with Crippen molar-refractivity contribution in [3.8, 4) is 0 Å². The van der Waals surface area contributed by atoms with Crippen LogP contribution in [0.1, 0.15) is 23.4 Å². The monoisotopic (exact) mass is 337 g/mol. The Labute approximate surface area is 132 Å².